The lowest BCUT2D eigenvalue weighted by Crippen LogP contribution is -2.13. The molecule has 0 saturated heterocycles. The fourth-order valence-electron chi connectivity index (χ4n) is 6.12. The third-order valence-electron chi connectivity index (χ3n) is 8.36. The molecule has 4 aromatic carbocycles. The van der Waals surface area contributed by atoms with E-state index in [1.807, 2.05) is 60.7 Å². The molecule has 1 N–H and O–H groups in total. The Labute approximate surface area is 281 Å². The van der Waals surface area contributed by atoms with Crippen LogP contribution >= 0.6 is 34.4 Å². The normalized spacial score (nSPS) is 15.4. The average molecular weight is 693 g/mol. The summed E-state index contributed by atoms with van der Waals surface area (Å²) in [7, 11) is 0. The van der Waals surface area contributed by atoms with Crippen molar-refractivity contribution in [3.63, 3.8) is 0 Å². The van der Waals surface area contributed by atoms with E-state index in [1.54, 1.807) is 28.0 Å². The lowest BCUT2D eigenvalue weighted by atomic mass is 10.1. The Balaban J connectivity index is 1.15. The van der Waals surface area contributed by atoms with Gasteiger partial charge in [0, 0.05) is 31.7 Å². The number of carbonyl (C=O) groups is 2. The minimum atomic E-state index is -1.52. The number of hydrogen-bond acceptors (Lipinski definition) is 10. The number of halogens is 2. The number of ketones is 1. The Morgan fingerprint density at radius 3 is 2.52 bits per heavy atom. The van der Waals surface area contributed by atoms with E-state index in [1.165, 1.54) is 11.3 Å². The Hall–Kier alpha value is -5.21. The zero-order valence-electron chi connectivity index (χ0n) is 24.3. The van der Waals surface area contributed by atoms with Crippen LogP contribution in [0.5, 0.6) is 0 Å². The summed E-state index contributed by atoms with van der Waals surface area (Å²) in [4.78, 5) is 32.1. The van der Waals surface area contributed by atoms with Crippen molar-refractivity contribution in [2.45, 2.75) is 12.7 Å². The number of fused-ring (bicyclic) bond motifs is 7. The molecule has 4 aromatic heterocycles. The Bertz CT molecular complexity index is 2670. The first-order valence-electron chi connectivity index (χ1n) is 14.6. The summed E-state index contributed by atoms with van der Waals surface area (Å²) in [5.74, 6) is -3.03. The minimum Gasteiger partial charge on any atom is -0.444 e. The van der Waals surface area contributed by atoms with Crippen LogP contribution in [0.1, 0.15) is 27.6 Å². The first-order valence-corrected chi connectivity index (χ1v) is 17.0. The van der Waals surface area contributed by atoms with Gasteiger partial charge in [-0.25, -0.2) is 23.1 Å². The molecule has 0 amide bonds. The van der Waals surface area contributed by atoms with Crippen molar-refractivity contribution in [1.82, 2.24) is 13.3 Å². The van der Waals surface area contributed by atoms with Crippen LogP contribution in [-0.4, -0.2) is 36.0 Å². The van der Waals surface area contributed by atoms with Gasteiger partial charge in [0.25, 0.3) is 0 Å². The van der Waals surface area contributed by atoms with Gasteiger partial charge in [0.15, 0.2) is 11.6 Å². The Morgan fingerprint density at radius 2 is 1.67 bits per heavy atom. The largest absolute Gasteiger partial charge is 0.444 e. The molecular formula is C35H18F2N4O4S3. The summed E-state index contributed by atoms with van der Waals surface area (Å²) < 4.78 is 47.1. The van der Waals surface area contributed by atoms with Gasteiger partial charge in [0.05, 0.1) is 37.8 Å². The van der Waals surface area contributed by atoms with E-state index in [-0.39, 0.29) is 29.1 Å². The van der Waals surface area contributed by atoms with Gasteiger partial charge in [-0.3, -0.25) is 4.79 Å². The number of aliphatic hydroxyl groups is 1. The maximum Gasteiger partial charge on any atom is 0.419 e. The van der Waals surface area contributed by atoms with Crippen LogP contribution in [0, 0.1) is 11.6 Å². The molecule has 8 nitrogen and oxygen atoms in total. The van der Waals surface area contributed by atoms with Crippen molar-refractivity contribution < 1.29 is 28.2 Å². The summed E-state index contributed by atoms with van der Waals surface area (Å²) in [5.41, 5.74) is 3.89. The lowest BCUT2D eigenvalue weighted by Gasteiger charge is -2.08. The Kier molecular flexibility index (Phi) is 6.59. The van der Waals surface area contributed by atoms with Crippen molar-refractivity contribution >= 4 is 99.2 Å². The molecule has 8 aromatic rings. The van der Waals surface area contributed by atoms with E-state index in [9.17, 15) is 23.5 Å². The van der Waals surface area contributed by atoms with Gasteiger partial charge in [-0.2, -0.15) is 8.75 Å². The fraction of sp³-hybridized carbons (Fsp3) is 0.0571. The van der Waals surface area contributed by atoms with E-state index in [0.29, 0.717) is 16.6 Å². The smallest absolute Gasteiger partial charge is 0.419 e. The second-order valence-corrected chi connectivity index (χ2v) is 13.8. The highest BCUT2D eigenvalue weighted by atomic mass is 32.1. The third-order valence-corrected chi connectivity index (χ3v) is 11.4. The van der Waals surface area contributed by atoms with Crippen molar-refractivity contribution in [3.8, 4) is 10.4 Å². The molecule has 48 heavy (non-hydrogen) atoms. The molecular weight excluding hydrogens is 675 g/mol. The number of hydrogen-bond donors (Lipinski definition) is 1. The molecule has 1 unspecified atom stereocenters. The predicted octanol–water partition coefficient (Wildman–Crippen LogP) is 9.21. The maximum atomic E-state index is 13.9. The van der Waals surface area contributed by atoms with Crippen molar-refractivity contribution in [1.29, 1.82) is 0 Å². The van der Waals surface area contributed by atoms with Crippen molar-refractivity contribution in [2.24, 2.45) is 4.99 Å². The first-order chi connectivity index (χ1) is 23.4. The summed E-state index contributed by atoms with van der Waals surface area (Å²) >= 11 is 4.09. The van der Waals surface area contributed by atoms with Gasteiger partial charge in [-0.15, -0.1) is 22.7 Å². The van der Waals surface area contributed by atoms with E-state index < -0.39 is 29.6 Å². The van der Waals surface area contributed by atoms with Gasteiger partial charge in [0.2, 0.25) is 5.78 Å². The summed E-state index contributed by atoms with van der Waals surface area (Å²) in [5, 5.41) is 11.8. The number of aromatic nitrogens is 3. The molecule has 0 aliphatic heterocycles. The maximum absolute atomic E-state index is 13.9. The molecule has 0 saturated carbocycles. The van der Waals surface area contributed by atoms with Crippen LogP contribution in [0.25, 0.3) is 52.0 Å². The number of aliphatic hydroxyl groups excluding tert-OH is 1. The number of Topliss-reactive ketones (excluding diaryl/α,β-unsaturated/α-hetero) is 1. The number of rotatable bonds is 4. The van der Waals surface area contributed by atoms with Gasteiger partial charge in [0.1, 0.15) is 29.5 Å². The zero-order chi connectivity index (χ0) is 32.7. The average Bonchev–Trinajstić information content (AvgIpc) is 3.91. The molecule has 4 heterocycles. The quantitative estimate of drug-likeness (QED) is 0.197. The second kappa shape index (κ2) is 10.9. The molecule has 13 heteroatoms. The van der Waals surface area contributed by atoms with Crippen LogP contribution in [-0.2, 0) is 11.3 Å². The molecule has 1 aliphatic carbocycles. The van der Waals surface area contributed by atoms with Crippen LogP contribution in [0.3, 0.4) is 0 Å². The summed E-state index contributed by atoms with van der Waals surface area (Å²) in [6.07, 6.45) is -2.01. The van der Waals surface area contributed by atoms with Crippen LogP contribution in [0.2, 0.25) is 0 Å². The van der Waals surface area contributed by atoms with Gasteiger partial charge in [-0.1, -0.05) is 48.5 Å². The molecule has 0 spiro atoms. The molecule has 0 fully saturated rings. The zero-order valence-corrected chi connectivity index (χ0v) is 26.8. The number of aliphatic imine (C=N–C) groups is 1. The first kappa shape index (κ1) is 29.0. The second-order valence-electron chi connectivity index (χ2n) is 11.2. The third kappa shape index (κ3) is 4.35. The number of nitrogens with zero attached hydrogens (tertiary/aromatic N) is 4. The summed E-state index contributed by atoms with van der Waals surface area (Å²) in [6.45, 7) is 0.126. The molecule has 234 valence electrons. The van der Waals surface area contributed by atoms with E-state index in [2.05, 4.69) is 13.7 Å². The topological polar surface area (TPSA) is 107 Å². The molecule has 1 aliphatic rings. The van der Waals surface area contributed by atoms with Crippen LogP contribution in [0.15, 0.2) is 89.9 Å². The SMILES string of the molecule is O=C1C(=Nc2ccc(-c3cc4c(s3)c3sc5ccccc5c3n4C(=O)OCc3ccccc3)c3nsnc23)C(O)c2cc(F)c(F)cc21. The number of thiophene rings is 2. The van der Waals surface area contributed by atoms with Crippen molar-refractivity contribution in [2.75, 3.05) is 0 Å². The van der Waals surface area contributed by atoms with Gasteiger partial charge < -0.3 is 9.84 Å². The van der Waals surface area contributed by atoms with Gasteiger partial charge in [-0.05, 0) is 42.0 Å². The molecule has 0 bridgehead atoms. The molecule has 9 rings (SSSR count). The van der Waals surface area contributed by atoms with E-state index in [0.717, 1.165) is 64.9 Å². The monoisotopic (exact) mass is 692 g/mol. The predicted molar refractivity (Wildman–Crippen MR) is 184 cm³/mol. The Morgan fingerprint density at radius 1 is 0.896 bits per heavy atom. The highest BCUT2D eigenvalue weighted by Crippen LogP contribution is 2.47. The fourth-order valence-corrected chi connectivity index (χ4v) is 9.19. The highest BCUT2D eigenvalue weighted by molar-refractivity contribution is 7.32. The molecule has 1 atom stereocenters. The summed E-state index contributed by atoms with van der Waals surface area (Å²) in [6, 6.07) is 24.5. The highest BCUT2D eigenvalue weighted by Gasteiger charge is 2.37. The van der Waals surface area contributed by atoms with Crippen molar-refractivity contribution in [3.05, 3.63) is 113 Å². The van der Waals surface area contributed by atoms with E-state index in [4.69, 9.17) is 4.74 Å². The number of benzene rings is 4. The van der Waals surface area contributed by atoms with Crippen LogP contribution in [0.4, 0.5) is 19.3 Å². The van der Waals surface area contributed by atoms with Crippen LogP contribution < -0.4 is 0 Å². The van der Waals surface area contributed by atoms with Gasteiger partial charge >= 0.3 is 6.09 Å². The number of carbonyl (C=O) groups excluding carboxylic acids is 2. The number of ether oxygens (including phenoxy) is 1. The standard InChI is InChI=1S/C35H18F2N4O4S3/c36-21-12-19-20(13-22(21)37)32(43)29(31(19)42)38-23-11-10-17(27-28(23)40-48-39-27)26-14-24-33(47-26)34-30(18-8-4-5-9-25(18)46-34)41(24)35(44)45-15-16-6-2-1-3-7-16/h1-14,31,42H,15H2. The lowest BCUT2D eigenvalue weighted by molar-refractivity contribution is 0.106. The molecule has 0 radical (unpaired) electrons. The minimum absolute atomic E-state index is 0.0394. The van der Waals surface area contributed by atoms with E-state index >= 15 is 0 Å².